The van der Waals surface area contributed by atoms with Crippen molar-refractivity contribution in [3.05, 3.63) is 27.7 Å². The Morgan fingerprint density at radius 2 is 1.85 bits per heavy atom. The maximum absolute atomic E-state index is 12.8. The summed E-state index contributed by atoms with van der Waals surface area (Å²) in [5.41, 5.74) is 1.29. The molecule has 1 heterocycles. The van der Waals surface area contributed by atoms with Gasteiger partial charge in [0, 0.05) is 17.6 Å². The smallest absolute Gasteiger partial charge is 0.243 e. The molecule has 112 valence electrons. The van der Waals surface area contributed by atoms with Crippen LogP contribution in [-0.4, -0.2) is 30.9 Å². The minimum atomic E-state index is -3.50. The van der Waals surface area contributed by atoms with Crippen molar-refractivity contribution in [3.8, 4) is 0 Å². The van der Waals surface area contributed by atoms with Crippen molar-refractivity contribution < 1.29 is 13.5 Å². The zero-order valence-corrected chi connectivity index (χ0v) is 14.3. The fourth-order valence-electron chi connectivity index (χ4n) is 2.48. The van der Waals surface area contributed by atoms with Crippen LogP contribution in [0.2, 0.25) is 0 Å². The molecule has 1 aromatic carbocycles. The summed E-state index contributed by atoms with van der Waals surface area (Å²) in [5.74, 6) is 0.740. The Hall–Kier alpha value is -0.430. The van der Waals surface area contributed by atoms with Gasteiger partial charge in [-0.05, 0) is 42.0 Å². The molecular formula is C14H20BrNO3S. The Balaban J connectivity index is 2.47. The Labute approximate surface area is 129 Å². The molecule has 1 aromatic rings. The van der Waals surface area contributed by atoms with Crippen LogP contribution in [0.15, 0.2) is 21.5 Å². The SMILES string of the molecule is Cc1c(Br)cc(CO)cc1S(=O)(=O)N1CC(C)C(C)C1. The van der Waals surface area contributed by atoms with Gasteiger partial charge >= 0.3 is 0 Å². The molecule has 0 amide bonds. The van der Waals surface area contributed by atoms with Crippen LogP contribution >= 0.6 is 15.9 Å². The average molecular weight is 362 g/mol. The predicted octanol–water partition coefficient (Wildman–Crippen LogP) is 2.53. The van der Waals surface area contributed by atoms with E-state index in [-0.39, 0.29) is 11.5 Å². The molecule has 1 N–H and O–H groups in total. The summed E-state index contributed by atoms with van der Waals surface area (Å²) in [4.78, 5) is 0.289. The van der Waals surface area contributed by atoms with Crippen molar-refractivity contribution in [2.24, 2.45) is 11.8 Å². The van der Waals surface area contributed by atoms with Crippen molar-refractivity contribution in [1.82, 2.24) is 4.31 Å². The number of halogens is 1. The van der Waals surface area contributed by atoms with Crippen LogP contribution in [0, 0.1) is 18.8 Å². The van der Waals surface area contributed by atoms with Crippen LogP contribution < -0.4 is 0 Å². The lowest BCUT2D eigenvalue weighted by Gasteiger charge is -2.19. The molecule has 0 radical (unpaired) electrons. The van der Waals surface area contributed by atoms with Crippen LogP contribution in [0.1, 0.15) is 25.0 Å². The summed E-state index contributed by atoms with van der Waals surface area (Å²) in [5, 5.41) is 9.26. The molecular weight excluding hydrogens is 342 g/mol. The highest BCUT2D eigenvalue weighted by molar-refractivity contribution is 9.10. The third kappa shape index (κ3) is 2.79. The molecule has 2 unspecified atom stereocenters. The second kappa shape index (κ2) is 5.75. The highest BCUT2D eigenvalue weighted by atomic mass is 79.9. The lowest BCUT2D eigenvalue weighted by molar-refractivity contribution is 0.281. The molecule has 0 saturated carbocycles. The minimum absolute atomic E-state index is 0.172. The van der Waals surface area contributed by atoms with Crippen molar-refractivity contribution >= 4 is 26.0 Å². The highest BCUT2D eigenvalue weighted by Crippen LogP contribution is 2.32. The van der Waals surface area contributed by atoms with Crippen molar-refractivity contribution in [2.45, 2.75) is 32.3 Å². The van der Waals surface area contributed by atoms with E-state index in [2.05, 4.69) is 29.8 Å². The first-order valence-electron chi connectivity index (χ1n) is 6.67. The quantitative estimate of drug-likeness (QED) is 0.899. The molecule has 2 atom stereocenters. The van der Waals surface area contributed by atoms with E-state index < -0.39 is 10.0 Å². The lowest BCUT2D eigenvalue weighted by Crippen LogP contribution is -2.29. The van der Waals surface area contributed by atoms with E-state index in [4.69, 9.17) is 0 Å². The second-order valence-electron chi connectivity index (χ2n) is 5.64. The number of rotatable bonds is 3. The standard InChI is InChI=1S/C14H20BrNO3S/c1-9-6-16(7-10(9)2)20(18,19)14-5-12(8-17)4-13(15)11(14)3/h4-5,9-10,17H,6-8H2,1-3H3. The minimum Gasteiger partial charge on any atom is -0.392 e. The van der Waals surface area contributed by atoms with E-state index in [1.807, 2.05) is 0 Å². The van der Waals surface area contributed by atoms with Crippen molar-refractivity contribution in [1.29, 1.82) is 0 Å². The van der Waals surface area contributed by atoms with Crippen LogP contribution in [0.5, 0.6) is 0 Å². The van der Waals surface area contributed by atoms with Gasteiger partial charge in [-0.1, -0.05) is 29.8 Å². The zero-order valence-electron chi connectivity index (χ0n) is 11.9. The molecule has 6 heteroatoms. The van der Waals surface area contributed by atoms with E-state index in [1.165, 1.54) is 0 Å². The maximum atomic E-state index is 12.8. The Morgan fingerprint density at radius 1 is 1.30 bits per heavy atom. The largest absolute Gasteiger partial charge is 0.392 e. The summed E-state index contributed by atoms with van der Waals surface area (Å²) in [6.45, 7) is 6.88. The topological polar surface area (TPSA) is 57.6 Å². The average Bonchev–Trinajstić information content (AvgIpc) is 2.73. The van der Waals surface area contributed by atoms with Crippen molar-refractivity contribution in [2.75, 3.05) is 13.1 Å². The van der Waals surface area contributed by atoms with Gasteiger partial charge in [0.15, 0.2) is 0 Å². The summed E-state index contributed by atoms with van der Waals surface area (Å²) in [6.07, 6.45) is 0. The molecule has 1 fully saturated rings. The number of aliphatic hydroxyl groups excluding tert-OH is 1. The van der Waals surface area contributed by atoms with Gasteiger partial charge in [-0.3, -0.25) is 0 Å². The molecule has 0 aromatic heterocycles. The van der Waals surface area contributed by atoms with Crippen LogP contribution in [0.4, 0.5) is 0 Å². The summed E-state index contributed by atoms with van der Waals surface area (Å²) in [7, 11) is -3.50. The molecule has 4 nitrogen and oxygen atoms in total. The van der Waals surface area contributed by atoms with Crippen molar-refractivity contribution in [3.63, 3.8) is 0 Å². The third-order valence-electron chi connectivity index (χ3n) is 4.11. The molecule has 0 bridgehead atoms. The fourth-order valence-corrected chi connectivity index (χ4v) is 5.06. The molecule has 1 saturated heterocycles. The molecule has 20 heavy (non-hydrogen) atoms. The van der Waals surface area contributed by atoms with Gasteiger partial charge in [0.1, 0.15) is 0 Å². The van der Waals surface area contributed by atoms with Crippen LogP contribution in [-0.2, 0) is 16.6 Å². The summed E-state index contributed by atoms with van der Waals surface area (Å²) >= 11 is 3.37. The van der Waals surface area contributed by atoms with E-state index in [1.54, 1.807) is 23.4 Å². The second-order valence-corrected chi connectivity index (χ2v) is 8.40. The highest BCUT2D eigenvalue weighted by Gasteiger charge is 2.36. The van der Waals surface area contributed by atoms with Gasteiger partial charge in [-0.25, -0.2) is 8.42 Å². The van der Waals surface area contributed by atoms with E-state index >= 15 is 0 Å². The Kier molecular flexibility index (Phi) is 4.59. The van der Waals surface area contributed by atoms with Gasteiger partial charge in [-0.15, -0.1) is 0 Å². The summed E-state index contributed by atoms with van der Waals surface area (Å²) in [6, 6.07) is 3.33. The maximum Gasteiger partial charge on any atom is 0.243 e. The van der Waals surface area contributed by atoms with E-state index in [9.17, 15) is 13.5 Å². The van der Waals surface area contributed by atoms with Gasteiger partial charge in [0.2, 0.25) is 10.0 Å². The molecule has 2 rings (SSSR count). The monoisotopic (exact) mass is 361 g/mol. The molecule has 1 aliphatic rings. The lowest BCUT2D eigenvalue weighted by atomic mass is 10.0. The Bertz CT molecular complexity index is 605. The van der Waals surface area contributed by atoms with Gasteiger partial charge in [-0.2, -0.15) is 4.31 Å². The first-order valence-corrected chi connectivity index (χ1v) is 8.90. The molecule has 0 aliphatic carbocycles. The number of nitrogens with zero attached hydrogens (tertiary/aromatic N) is 1. The molecule has 0 spiro atoms. The number of hydrogen-bond acceptors (Lipinski definition) is 3. The van der Waals surface area contributed by atoms with Gasteiger partial charge < -0.3 is 5.11 Å². The first-order chi connectivity index (χ1) is 9.27. The van der Waals surface area contributed by atoms with E-state index in [0.717, 1.165) is 0 Å². The predicted molar refractivity (Wildman–Crippen MR) is 81.9 cm³/mol. The summed E-state index contributed by atoms with van der Waals surface area (Å²) < 4.78 is 27.8. The number of hydrogen-bond donors (Lipinski definition) is 1. The van der Waals surface area contributed by atoms with Gasteiger partial charge in [0.25, 0.3) is 0 Å². The van der Waals surface area contributed by atoms with E-state index in [0.29, 0.717) is 40.5 Å². The fraction of sp³-hybridized carbons (Fsp3) is 0.571. The number of benzene rings is 1. The zero-order chi connectivity index (χ0) is 15.1. The van der Waals surface area contributed by atoms with Crippen LogP contribution in [0.25, 0.3) is 0 Å². The number of sulfonamides is 1. The van der Waals surface area contributed by atoms with Crippen LogP contribution in [0.3, 0.4) is 0 Å². The normalized spacial score (nSPS) is 24.2. The molecule has 1 aliphatic heterocycles. The Morgan fingerprint density at radius 3 is 2.35 bits per heavy atom. The van der Waals surface area contributed by atoms with Gasteiger partial charge in [0.05, 0.1) is 11.5 Å². The first kappa shape index (κ1) is 15.9. The third-order valence-corrected chi connectivity index (χ3v) is 6.89. The number of aliphatic hydroxyl groups is 1.